The summed E-state index contributed by atoms with van der Waals surface area (Å²) in [6.45, 7) is 2.39. The van der Waals surface area contributed by atoms with Crippen LogP contribution in [0.15, 0.2) is 30.3 Å². The number of rotatable bonds is 9. The largest absolute Gasteiger partial charge is 0.391 e. The molecule has 1 aromatic rings. The Morgan fingerprint density at radius 1 is 1.37 bits per heavy atom. The number of aliphatic hydroxyl groups excluding tert-OH is 1. The lowest BCUT2D eigenvalue weighted by atomic mass is 10.2. The average Bonchev–Trinajstić information content (AvgIpc) is 2.43. The van der Waals surface area contributed by atoms with Gasteiger partial charge in [0, 0.05) is 6.54 Å². The molecule has 0 aromatic heterocycles. The van der Waals surface area contributed by atoms with Crippen molar-refractivity contribution in [3.05, 3.63) is 35.9 Å². The topological polar surface area (TPSA) is 49.3 Å². The number of hydrogen-bond acceptors (Lipinski definition) is 3. The third-order valence-corrected chi connectivity index (χ3v) is 3.73. The van der Waals surface area contributed by atoms with Crippen molar-refractivity contribution in [2.24, 2.45) is 0 Å². The molecule has 1 atom stereocenters. The fourth-order valence-electron chi connectivity index (χ4n) is 1.72. The van der Waals surface area contributed by atoms with E-state index in [-0.39, 0.29) is 5.91 Å². The van der Waals surface area contributed by atoms with Crippen LogP contribution in [0.2, 0.25) is 0 Å². The molecule has 0 heterocycles. The van der Waals surface area contributed by atoms with Gasteiger partial charge in [-0.15, -0.1) is 0 Å². The third kappa shape index (κ3) is 7.90. The van der Waals surface area contributed by atoms with Gasteiger partial charge < -0.3 is 10.4 Å². The molecule has 0 bridgehead atoms. The summed E-state index contributed by atoms with van der Waals surface area (Å²) in [5.74, 6) is 1.41. The van der Waals surface area contributed by atoms with E-state index < -0.39 is 6.10 Å². The maximum atomic E-state index is 11.5. The lowest BCUT2D eigenvalue weighted by Gasteiger charge is -2.10. The molecule has 1 unspecified atom stereocenters. The Labute approximate surface area is 119 Å². The molecule has 19 heavy (non-hydrogen) atoms. The van der Waals surface area contributed by atoms with Gasteiger partial charge in [-0.25, -0.2) is 0 Å². The number of amides is 1. The minimum Gasteiger partial charge on any atom is -0.391 e. The van der Waals surface area contributed by atoms with Crippen LogP contribution in [0, 0.1) is 0 Å². The third-order valence-electron chi connectivity index (χ3n) is 2.77. The van der Waals surface area contributed by atoms with Crippen molar-refractivity contribution < 1.29 is 9.90 Å². The lowest BCUT2D eigenvalue weighted by Crippen LogP contribution is -2.33. The lowest BCUT2D eigenvalue weighted by molar-refractivity contribution is -0.119. The fraction of sp³-hybridized carbons (Fsp3) is 0.533. The SMILES string of the molecule is CCCC(O)CNC(=O)CSCCc1ccccc1. The first-order valence-corrected chi connectivity index (χ1v) is 7.94. The molecule has 4 heteroatoms. The Bertz CT molecular complexity index is 356. The van der Waals surface area contributed by atoms with Crippen molar-refractivity contribution in [2.45, 2.75) is 32.3 Å². The predicted octanol–water partition coefficient (Wildman–Crippen LogP) is 2.24. The van der Waals surface area contributed by atoms with E-state index in [0.29, 0.717) is 12.3 Å². The first-order chi connectivity index (χ1) is 9.22. The first kappa shape index (κ1) is 16.1. The minimum absolute atomic E-state index is 0.00761. The molecule has 2 N–H and O–H groups in total. The Balaban J connectivity index is 2.04. The zero-order valence-corrected chi connectivity index (χ0v) is 12.3. The highest BCUT2D eigenvalue weighted by Gasteiger charge is 2.06. The molecule has 0 spiro atoms. The molecule has 1 amide bonds. The van der Waals surface area contributed by atoms with Crippen LogP contribution in [0.1, 0.15) is 25.3 Å². The van der Waals surface area contributed by atoms with Gasteiger partial charge in [-0.2, -0.15) is 11.8 Å². The van der Waals surface area contributed by atoms with Crippen LogP contribution in [0.5, 0.6) is 0 Å². The molecule has 1 rings (SSSR count). The summed E-state index contributed by atoms with van der Waals surface area (Å²) < 4.78 is 0. The van der Waals surface area contributed by atoms with Gasteiger partial charge >= 0.3 is 0 Å². The number of aryl methyl sites for hydroxylation is 1. The zero-order chi connectivity index (χ0) is 13.9. The highest BCUT2D eigenvalue weighted by molar-refractivity contribution is 7.99. The minimum atomic E-state index is -0.414. The maximum Gasteiger partial charge on any atom is 0.230 e. The van der Waals surface area contributed by atoms with E-state index in [1.807, 2.05) is 25.1 Å². The van der Waals surface area contributed by atoms with Gasteiger partial charge in [-0.05, 0) is 24.2 Å². The van der Waals surface area contributed by atoms with E-state index in [9.17, 15) is 9.90 Å². The highest BCUT2D eigenvalue weighted by Crippen LogP contribution is 2.06. The van der Waals surface area contributed by atoms with Crippen molar-refractivity contribution in [3.63, 3.8) is 0 Å². The number of hydrogen-bond donors (Lipinski definition) is 2. The van der Waals surface area contributed by atoms with Crippen LogP contribution in [0.3, 0.4) is 0 Å². The molecule has 3 nitrogen and oxygen atoms in total. The molecule has 0 aliphatic heterocycles. The zero-order valence-electron chi connectivity index (χ0n) is 11.5. The van der Waals surface area contributed by atoms with Crippen LogP contribution in [0.4, 0.5) is 0 Å². The number of nitrogens with one attached hydrogen (secondary N) is 1. The van der Waals surface area contributed by atoms with E-state index in [2.05, 4.69) is 17.4 Å². The first-order valence-electron chi connectivity index (χ1n) is 6.78. The summed E-state index contributed by atoms with van der Waals surface area (Å²) in [6, 6.07) is 10.3. The maximum absolute atomic E-state index is 11.5. The van der Waals surface area contributed by atoms with E-state index in [1.165, 1.54) is 5.56 Å². The van der Waals surface area contributed by atoms with Crippen LogP contribution >= 0.6 is 11.8 Å². The molecule has 0 aliphatic carbocycles. The van der Waals surface area contributed by atoms with Gasteiger partial charge in [0.2, 0.25) is 5.91 Å². The number of benzene rings is 1. The Morgan fingerprint density at radius 2 is 2.11 bits per heavy atom. The second-order valence-corrected chi connectivity index (χ2v) is 5.64. The second-order valence-electron chi connectivity index (χ2n) is 4.53. The van der Waals surface area contributed by atoms with Gasteiger partial charge in [0.1, 0.15) is 0 Å². The summed E-state index contributed by atoms with van der Waals surface area (Å²) >= 11 is 1.63. The van der Waals surface area contributed by atoms with Crippen LogP contribution < -0.4 is 5.32 Å². The molecule has 0 saturated heterocycles. The molecule has 0 saturated carbocycles. The van der Waals surface area contributed by atoms with Gasteiger partial charge in [-0.3, -0.25) is 4.79 Å². The smallest absolute Gasteiger partial charge is 0.230 e. The summed E-state index contributed by atoms with van der Waals surface area (Å²) in [4.78, 5) is 11.5. The Hall–Kier alpha value is -1.00. The fourth-order valence-corrected chi connectivity index (χ4v) is 2.53. The number of carbonyl (C=O) groups excluding carboxylic acids is 1. The van der Waals surface area contributed by atoms with Gasteiger partial charge in [0.15, 0.2) is 0 Å². The molecular weight excluding hydrogens is 258 g/mol. The molecule has 1 aromatic carbocycles. The Kier molecular flexibility index (Phi) is 8.34. The summed E-state index contributed by atoms with van der Waals surface area (Å²) in [5.41, 5.74) is 1.30. The normalized spacial score (nSPS) is 12.1. The number of thioether (sulfide) groups is 1. The summed E-state index contributed by atoms with van der Waals surface area (Å²) in [5, 5.41) is 12.3. The van der Waals surface area contributed by atoms with Crippen molar-refractivity contribution in [1.82, 2.24) is 5.32 Å². The van der Waals surface area contributed by atoms with Crippen LogP contribution in [-0.2, 0) is 11.2 Å². The van der Waals surface area contributed by atoms with Gasteiger partial charge in [-0.1, -0.05) is 43.7 Å². The summed E-state index contributed by atoms with van der Waals surface area (Å²) in [6.07, 6.45) is 2.24. The van der Waals surface area contributed by atoms with Gasteiger partial charge in [0.05, 0.1) is 11.9 Å². The molecule has 0 aliphatic rings. The van der Waals surface area contributed by atoms with E-state index in [1.54, 1.807) is 11.8 Å². The van der Waals surface area contributed by atoms with Crippen LogP contribution in [-0.4, -0.2) is 35.2 Å². The number of carbonyl (C=O) groups is 1. The van der Waals surface area contributed by atoms with E-state index in [4.69, 9.17) is 0 Å². The number of aliphatic hydroxyl groups is 1. The van der Waals surface area contributed by atoms with Crippen molar-refractivity contribution in [3.8, 4) is 0 Å². The van der Waals surface area contributed by atoms with Crippen molar-refractivity contribution >= 4 is 17.7 Å². The molecule has 0 fully saturated rings. The monoisotopic (exact) mass is 281 g/mol. The van der Waals surface area contributed by atoms with E-state index >= 15 is 0 Å². The van der Waals surface area contributed by atoms with Crippen molar-refractivity contribution in [1.29, 1.82) is 0 Å². The highest BCUT2D eigenvalue weighted by atomic mass is 32.2. The van der Waals surface area contributed by atoms with Crippen molar-refractivity contribution in [2.75, 3.05) is 18.1 Å². The van der Waals surface area contributed by atoms with E-state index in [0.717, 1.165) is 25.0 Å². The van der Waals surface area contributed by atoms with Gasteiger partial charge in [0.25, 0.3) is 0 Å². The second kappa shape index (κ2) is 9.87. The molecule has 0 radical (unpaired) electrons. The summed E-state index contributed by atoms with van der Waals surface area (Å²) in [7, 11) is 0. The van der Waals surface area contributed by atoms with Crippen LogP contribution in [0.25, 0.3) is 0 Å². The average molecular weight is 281 g/mol. The Morgan fingerprint density at radius 3 is 2.79 bits per heavy atom. The standard InChI is InChI=1S/C15H23NO2S/c1-2-6-14(17)11-16-15(18)12-19-10-9-13-7-4-3-5-8-13/h3-5,7-8,14,17H,2,6,9-12H2,1H3,(H,16,18). The molecular formula is C15H23NO2S. The quantitative estimate of drug-likeness (QED) is 0.683. The predicted molar refractivity (Wildman–Crippen MR) is 81.4 cm³/mol. The molecule has 106 valence electrons.